The van der Waals surface area contributed by atoms with Crippen LogP contribution in [0.5, 0.6) is 0 Å². The van der Waals surface area contributed by atoms with Gasteiger partial charge in [0.1, 0.15) is 0 Å². The fourth-order valence-electron chi connectivity index (χ4n) is 2.79. The van der Waals surface area contributed by atoms with Gasteiger partial charge in [-0.15, -0.1) is 0 Å². The van der Waals surface area contributed by atoms with E-state index in [1.54, 1.807) is 0 Å². The quantitative estimate of drug-likeness (QED) is 0.193. The molecule has 19 heteroatoms. The Hall–Kier alpha value is -2.50. The molecule has 0 spiro atoms. The van der Waals surface area contributed by atoms with Crippen LogP contribution in [0.3, 0.4) is 0 Å². The highest BCUT2D eigenvalue weighted by Crippen LogP contribution is 2.64. The van der Waals surface area contributed by atoms with E-state index in [1.807, 2.05) is 0 Å². The topological polar surface area (TPSA) is 26.3 Å². The van der Waals surface area contributed by atoms with Gasteiger partial charge in [0.2, 0.25) is 0 Å². The lowest BCUT2D eigenvalue weighted by Gasteiger charge is -2.42. The van der Waals surface area contributed by atoms with Crippen LogP contribution in [0.4, 0.5) is 74.6 Å². The van der Waals surface area contributed by atoms with E-state index in [0.717, 1.165) is 24.3 Å². The Bertz CT molecular complexity index is 997. The number of esters is 1. The molecule has 0 unspecified atom stereocenters. The molecule has 1 aromatic rings. The first-order valence-electron chi connectivity index (χ1n) is 9.65. The highest BCUT2D eigenvalue weighted by atomic mass is 19.4. The molecule has 0 heterocycles. The average molecular weight is 596 g/mol. The second-order valence-electron chi connectivity index (χ2n) is 7.53. The summed E-state index contributed by atoms with van der Waals surface area (Å²) in [5.74, 6) is -57.9. The second kappa shape index (κ2) is 9.91. The minimum atomic E-state index is -8.67. The number of carbonyl (C=O) groups excluding carboxylic acids is 1. The van der Waals surface area contributed by atoms with Gasteiger partial charge in [0.15, 0.2) is 0 Å². The summed E-state index contributed by atoms with van der Waals surface area (Å²) in [6, 6.07) is 3.69. The van der Waals surface area contributed by atoms with Gasteiger partial charge in [0.25, 0.3) is 0 Å². The molecule has 0 aliphatic carbocycles. The van der Waals surface area contributed by atoms with Gasteiger partial charge >= 0.3 is 53.6 Å². The van der Waals surface area contributed by atoms with E-state index in [0.29, 0.717) is 0 Å². The van der Waals surface area contributed by atoms with E-state index in [9.17, 15) is 79.4 Å². The van der Waals surface area contributed by atoms with Crippen molar-refractivity contribution in [3.8, 4) is 0 Å². The molecule has 0 aromatic heterocycles. The van der Waals surface area contributed by atoms with Crippen LogP contribution in [-0.4, -0.2) is 60.2 Å². The molecule has 2 nitrogen and oxygen atoms in total. The van der Waals surface area contributed by atoms with E-state index in [1.165, 1.54) is 6.92 Å². The Morgan fingerprint density at radius 1 is 0.632 bits per heavy atom. The molecule has 0 N–H and O–H groups in total. The third kappa shape index (κ3) is 4.96. The summed E-state index contributed by atoms with van der Waals surface area (Å²) in [6.07, 6.45) is -12.0. The van der Waals surface area contributed by atoms with Crippen LogP contribution in [0.25, 0.3) is 0 Å². The van der Waals surface area contributed by atoms with E-state index in [-0.39, 0.29) is 6.61 Å². The highest BCUT2D eigenvalue weighted by Gasteiger charge is 2.95. The van der Waals surface area contributed by atoms with Crippen molar-refractivity contribution in [1.29, 1.82) is 0 Å². The van der Waals surface area contributed by atoms with Gasteiger partial charge in [-0.3, -0.25) is 0 Å². The first-order valence-corrected chi connectivity index (χ1v) is 9.65. The molecule has 0 atom stereocenters. The van der Waals surface area contributed by atoms with Crippen molar-refractivity contribution in [2.75, 3.05) is 6.61 Å². The number of carbonyl (C=O) groups is 1. The summed E-state index contributed by atoms with van der Waals surface area (Å²) >= 11 is 0. The third-order valence-electron chi connectivity index (χ3n) is 5.01. The molecule has 0 saturated heterocycles. The maximum atomic E-state index is 14.1. The first kappa shape index (κ1) is 33.5. The molecule has 0 saturated carbocycles. The van der Waals surface area contributed by atoms with Crippen LogP contribution in [0.1, 0.15) is 29.3 Å². The number of halogens is 17. The normalized spacial score (nSPS) is 15.0. The maximum Gasteiger partial charge on any atom is 0.460 e. The SMILES string of the molecule is CCOC(=O)c1ccccc1CCC(F)(F)C(F)(F)C(F)(F)C(F)(F)C(F)(F)C(F)(F)C(F)(F)C(F)(F)F. The molecule has 1 rings (SSSR count). The third-order valence-corrected chi connectivity index (χ3v) is 5.01. The summed E-state index contributed by atoms with van der Waals surface area (Å²) in [4.78, 5) is 11.8. The van der Waals surface area contributed by atoms with E-state index in [4.69, 9.17) is 0 Å². The molecular weight excluding hydrogens is 583 g/mol. The molecule has 38 heavy (non-hydrogen) atoms. The number of hydrogen-bond acceptors (Lipinski definition) is 2. The predicted molar refractivity (Wildman–Crippen MR) is 91.4 cm³/mol. The van der Waals surface area contributed by atoms with Crippen molar-refractivity contribution in [2.45, 2.75) is 67.4 Å². The van der Waals surface area contributed by atoms with Crippen molar-refractivity contribution in [1.82, 2.24) is 0 Å². The molecule has 0 bridgehead atoms. The Labute approximate surface area is 200 Å². The smallest absolute Gasteiger partial charge is 0.460 e. The van der Waals surface area contributed by atoms with Crippen molar-refractivity contribution >= 4 is 5.97 Å². The van der Waals surface area contributed by atoms with Crippen LogP contribution in [0.15, 0.2) is 24.3 Å². The van der Waals surface area contributed by atoms with Crippen LogP contribution in [0.2, 0.25) is 0 Å². The number of alkyl halides is 17. The standard InChI is InChI=1S/C19H13F17O2/c1-2-38-11(37)10-6-4-3-5-9(10)7-8-12(20,21)13(22,23)14(24,25)15(26,27)16(28,29)17(30,31)18(32,33)19(34,35)36/h3-6H,2,7-8H2,1H3. The second-order valence-corrected chi connectivity index (χ2v) is 7.53. The maximum absolute atomic E-state index is 14.1. The van der Waals surface area contributed by atoms with Crippen molar-refractivity contribution in [2.24, 2.45) is 0 Å². The number of benzene rings is 1. The van der Waals surface area contributed by atoms with Crippen LogP contribution in [-0.2, 0) is 11.2 Å². The van der Waals surface area contributed by atoms with Gasteiger partial charge in [-0.2, -0.15) is 74.6 Å². The van der Waals surface area contributed by atoms with Crippen molar-refractivity contribution < 1.29 is 84.2 Å². The van der Waals surface area contributed by atoms with Crippen LogP contribution < -0.4 is 0 Å². The zero-order valence-corrected chi connectivity index (χ0v) is 18.2. The average Bonchev–Trinajstić information content (AvgIpc) is 2.76. The molecule has 1 aromatic carbocycles. The molecular formula is C19H13F17O2. The Morgan fingerprint density at radius 2 is 1.03 bits per heavy atom. The lowest BCUT2D eigenvalue weighted by molar-refractivity contribution is -0.461. The predicted octanol–water partition coefficient (Wildman–Crippen LogP) is 7.81. The monoisotopic (exact) mass is 596 g/mol. The fraction of sp³-hybridized carbons (Fsp3) is 0.632. The number of ether oxygens (including phenoxy) is 1. The molecule has 0 aliphatic heterocycles. The minimum absolute atomic E-state index is 0.311. The summed E-state index contributed by atoms with van der Waals surface area (Å²) < 4.78 is 231. The van der Waals surface area contributed by atoms with Gasteiger partial charge < -0.3 is 4.74 Å². The summed E-state index contributed by atoms with van der Waals surface area (Å²) in [5, 5.41) is 0. The van der Waals surface area contributed by atoms with Crippen molar-refractivity contribution in [3.05, 3.63) is 35.4 Å². The van der Waals surface area contributed by atoms with E-state index in [2.05, 4.69) is 4.74 Å². The Morgan fingerprint density at radius 3 is 1.45 bits per heavy atom. The van der Waals surface area contributed by atoms with Gasteiger partial charge in [-0.25, -0.2) is 4.79 Å². The van der Waals surface area contributed by atoms with Gasteiger partial charge in [0.05, 0.1) is 12.2 Å². The molecule has 0 amide bonds. The number of aryl methyl sites for hydroxylation is 1. The molecule has 0 aliphatic rings. The van der Waals surface area contributed by atoms with Crippen LogP contribution >= 0.6 is 0 Å². The van der Waals surface area contributed by atoms with Gasteiger partial charge in [0, 0.05) is 6.42 Å². The van der Waals surface area contributed by atoms with Gasteiger partial charge in [-0.05, 0) is 25.0 Å². The molecule has 220 valence electrons. The largest absolute Gasteiger partial charge is 0.462 e. The van der Waals surface area contributed by atoms with Crippen molar-refractivity contribution in [3.63, 3.8) is 0 Å². The number of hydrogen-bond donors (Lipinski definition) is 0. The highest BCUT2D eigenvalue weighted by molar-refractivity contribution is 5.91. The zero-order chi connectivity index (χ0) is 30.4. The molecule has 0 radical (unpaired) electrons. The molecule has 0 fully saturated rings. The lowest BCUT2D eigenvalue weighted by Crippen LogP contribution is -2.74. The van der Waals surface area contributed by atoms with E-state index >= 15 is 0 Å². The summed E-state index contributed by atoms with van der Waals surface area (Å²) in [7, 11) is 0. The fourth-order valence-corrected chi connectivity index (χ4v) is 2.79. The minimum Gasteiger partial charge on any atom is -0.462 e. The van der Waals surface area contributed by atoms with Gasteiger partial charge in [-0.1, -0.05) is 18.2 Å². The van der Waals surface area contributed by atoms with E-state index < -0.39 is 77.6 Å². The zero-order valence-electron chi connectivity index (χ0n) is 18.2. The summed E-state index contributed by atoms with van der Waals surface area (Å²) in [5.41, 5.74) is -1.27. The Kier molecular flexibility index (Phi) is 8.75. The van der Waals surface area contributed by atoms with Crippen LogP contribution in [0, 0.1) is 0 Å². The lowest BCUT2D eigenvalue weighted by atomic mass is 9.87. The first-order chi connectivity index (χ1) is 16.7. The summed E-state index contributed by atoms with van der Waals surface area (Å²) in [6.45, 7) is 0.955. The number of rotatable bonds is 11. The Balaban J connectivity index is 3.49.